The Labute approximate surface area is 98.6 Å². The van der Waals surface area contributed by atoms with E-state index in [9.17, 15) is 17.2 Å². The van der Waals surface area contributed by atoms with Crippen LogP contribution < -0.4 is 4.72 Å². The molecule has 0 saturated heterocycles. The van der Waals surface area contributed by atoms with E-state index in [0.29, 0.717) is 6.07 Å². The van der Waals surface area contributed by atoms with Crippen molar-refractivity contribution in [3.63, 3.8) is 0 Å². The number of nitrogens with one attached hydrogen (secondary N) is 1. The lowest BCUT2D eigenvalue weighted by Gasteiger charge is -2.13. The predicted octanol–water partition coefficient (Wildman–Crippen LogP) is 1.28. The van der Waals surface area contributed by atoms with E-state index in [0.717, 1.165) is 12.1 Å². The van der Waals surface area contributed by atoms with Gasteiger partial charge < -0.3 is 4.74 Å². The van der Waals surface area contributed by atoms with Crippen molar-refractivity contribution in [2.75, 3.05) is 13.7 Å². The summed E-state index contributed by atoms with van der Waals surface area (Å²) < 4.78 is 56.1. The predicted molar refractivity (Wildman–Crippen MR) is 58.0 cm³/mol. The number of hydrogen-bond acceptors (Lipinski definition) is 3. The standard InChI is InChI=1S/C10H13F2NO3S/c1-7(6-16-2)13-17(14,15)8-3-4-9(11)10(12)5-8/h3-5,7,13H,6H2,1-2H3/t7-/m0/s1. The first-order valence-corrected chi connectivity index (χ1v) is 6.31. The number of sulfonamides is 1. The van der Waals surface area contributed by atoms with Gasteiger partial charge >= 0.3 is 0 Å². The first-order valence-electron chi connectivity index (χ1n) is 4.83. The Hall–Kier alpha value is -1.05. The van der Waals surface area contributed by atoms with Gasteiger partial charge in [-0.1, -0.05) is 0 Å². The maximum atomic E-state index is 12.9. The number of hydrogen-bond donors (Lipinski definition) is 1. The highest BCUT2D eigenvalue weighted by molar-refractivity contribution is 7.89. The van der Waals surface area contributed by atoms with Crippen LogP contribution in [-0.2, 0) is 14.8 Å². The lowest BCUT2D eigenvalue weighted by molar-refractivity contribution is 0.180. The fourth-order valence-corrected chi connectivity index (χ4v) is 2.50. The summed E-state index contributed by atoms with van der Waals surface area (Å²) in [5, 5.41) is 0. The molecule has 0 amide bonds. The molecule has 0 fully saturated rings. The van der Waals surface area contributed by atoms with Crippen molar-refractivity contribution in [2.45, 2.75) is 17.9 Å². The number of ether oxygens (including phenoxy) is 1. The molecule has 0 radical (unpaired) electrons. The van der Waals surface area contributed by atoms with Gasteiger partial charge in [-0.2, -0.15) is 0 Å². The Bertz CT molecular complexity index is 490. The summed E-state index contributed by atoms with van der Waals surface area (Å²) in [5.74, 6) is -2.29. The summed E-state index contributed by atoms with van der Waals surface area (Å²) in [5.41, 5.74) is 0. The van der Waals surface area contributed by atoms with Crippen LogP contribution in [0.1, 0.15) is 6.92 Å². The molecule has 0 aliphatic rings. The zero-order valence-corrected chi connectivity index (χ0v) is 10.2. The summed E-state index contributed by atoms with van der Waals surface area (Å²) >= 11 is 0. The number of benzene rings is 1. The van der Waals surface area contributed by atoms with Crippen molar-refractivity contribution in [3.8, 4) is 0 Å². The zero-order valence-electron chi connectivity index (χ0n) is 9.41. The molecule has 4 nitrogen and oxygen atoms in total. The molecule has 1 rings (SSSR count). The highest BCUT2D eigenvalue weighted by Crippen LogP contribution is 2.13. The van der Waals surface area contributed by atoms with E-state index >= 15 is 0 Å². The monoisotopic (exact) mass is 265 g/mol. The van der Waals surface area contributed by atoms with E-state index in [1.54, 1.807) is 6.92 Å². The van der Waals surface area contributed by atoms with Crippen LogP contribution >= 0.6 is 0 Å². The second-order valence-corrected chi connectivity index (χ2v) is 5.27. The highest BCUT2D eigenvalue weighted by atomic mass is 32.2. The Kier molecular flexibility index (Phi) is 4.55. The molecule has 0 aliphatic carbocycles. The van der Waals surface area contributed by atoms with E-state index in [2.05, 4.69) is 4.72 Å². The second kappa shape index (κ2) is 5.52. The molecule has 0 saturated carbocycles. The van der Waals surface area contributed by atoms with E-state index in [-0.39, 0.29) is 11.5 Å². The van der Waals surface area contributed by atoms with Crippen LogP contribution in [0.3, 0.4) is 0 Å². The van der Waals surface area contributed by atoms with Gasteiger partial charge in [0.2, 0.25) is 10.0 Å². The minimum Gasteiger partial charge on any atom is -0.383 e. The van der Waals surface area contributed by atoms with Crippen LogP contribution in [0.2, 0.25) is 0 Å². The van der Waals surface area contributed by atoms with Crippen molar-refractivity contribution >= 4 is 10.0 Å². The van der Waals surface area contributed by atoms with Gasteiger partial charge in [0, 0.05) is 13.2 Å². The average Bonchev–Trinajstić information content (AvgIpc) is 2.21. The Morgan fingerprint density at radius 1 is 1.35 bits per heavy atom. The first kappa shape index (κ1) is 14.0. The topological polar surface area (TPSA) is 55.4 Å². The Morgan fingerprint density at radius 3 is 2.53 bits per heavy atom. The van der Waals surface area contributed by atoms with Crippen LogP contribution in [-0.4, -0.2) is 28.2 Å². The van der Waals surface area contributed by atoms with Crippen LogP contribution in [0, 0.1) is 11.6 Å². The summed E-state index contributed by atoms with van der Waals surface area (Å²) in [4.78, 5) is -0.320. The molecule has 17 heavy (non-hydrogen) atoms. The largest absolute Gasteiger partial charge is 0.383 e. The first-order chi connectivity index (χ1) is 7.86. The molecule has 0 bridgehead atoms. The van der Waals surface area contributed by atoms with E-state index in [4.69, 9.17) is 4.74 Å². The van der Waals surface area contributed by atoms with Gasteiger partial charge in [0.25, 0.3) is 0 Å². The fourth-order valence-electron chi connectivity index (χ4n) is 1.26. The third-order valence-corrected chi connectivity index (χ3v) is 3.56. The highest BCUT2D eigenvalue weighted by Gasteiger charge is 2.18. The van der Waals surface area contributed by atoms with Gasteiger partial charge in [0.05, 0.1) is 11.5 Å². The lowest BCUT2D eigenvalue weighted by atomic mass is 10.3. The summed E-state index contributed by atoms with van der Waals surface area (Å²) in [7, 11) is -2.42. The van der Waals surface area contributed by atoms with Crippen LogP contribution in [0.25, 0.3) is 0 Å². The van der Waals surface area contributed by atoms with Gasteiger partial charge in [-0.05, 0) is 25.1 Å². The van der Waals surface area contributed by atoms with Crippen molar-refractivity contribution in [1.29, 1.82) is 0 Å². The minimum atomic E-state index is -3.86. The van der Waals surface area contributed by atoms with Crippen LogP contribution in [0.15, 0.2) is 23.1 Å². The maximum Gasteiger partial charge on any atom is 0.240 e. The third-order valence-electron chi connectivity index (χ3n) is 1.97. The Morgan fingerprint density at radius 2 is 2.00 bits per heavy atom. The van der Waals surface area contributed by atoms with Crippen molar-refractivity contribution in [3.05, 3.63) is 29.8 Å². The van der Waals surface area contributed by atoms with Gasteiger partial charge in [-0.15, -0.1) is 0 Å². The van der Waals surface area contributed by atoms with Crippen molar-refractivity contribution < 1.29 is 21.9 Å². The normalized spacial score (nSPS) is 13.6. The molecular formula is C10H13F2NO3S. The summed E-state index contributed by atoms with van der Waals surface area (Å²) in [6, 6.07) is 1.95. The van der Waals surface area contributed by atoms with Gasteiger partial charge in [0.15, 0.2) is 11.6 Å². The number of rotatable bonds is 5. The van der Waals surface area contributed by atoms with Gasteiger partial charge in [-0.3, -0.25) is 0 Å². The fraction of sp³-hybridized carbons (Fsp3) is 0.400. The molecule has 0 heterocycles. The molecule has 1 aromatic rings. The summed E-state index contributed by atoms with van der Waals surface area (Å²) in [6.07, 6.45) is 0. The molecule has 96 valence electrons. The lowest BCUT2D eigenvalue weighted by Crippen LogP contribution is -2.35. The molecule has 0 spiro atoms. The quantitative estimate of drug-likeness (QED) is 0.872. The molecular weight excluding hydrogens is 252 g/mol. The SMILES string of the molecule is COC[C@H](C)NS(=O)(=O)c1ccc(F)c(F)c1. The minimum absolute atomic E-state index is 0.183. The van der Waals surface area contributed by atoms with E-state index < -0.39 is 27.7 Å². The second-order valence-electron chi connectivity index (χ2n) is 3.55. The maximum absolute atomic E-state index is 12.9. The third kappa shape index (κ3) is 3.72. The van der Waals surface area contributed by atoms with E-state index in [1.807, 2.05) is 0 Å². The Balaban J connectivity index is 2.93. The molecule has 1 atom stereocenters. The molecule has 7 heteroatoms. The van der Waals surface area contributed by atoms with Crippen LogP contribution in [0.5, 0.6) is 0 Å². The number of methoxy groups -OCH3 is 1. The molecule has 1 aromatic carbocycles. The van der Waals surface area contributed by atoms with Gasteiger partial charge in [0.1, 0.15) is 0 Å². The summed E-state index contributed by atoms with van der Waals surface area (Å²) in [6.45, 7) is 1.78. The number of halogens is 2. The van der Waals surface area contributed by atoms with Crippen molar-refractivity contribution in [2.24, 2.45) is 0 Å². The zero-order chi connectivity index (χ0) is 13.1. The molecule has 1 N–H and O–H groups in total. The average molecular weight is 265 g/mol. The molecule has 0 unspecified atom stereocenters. The van der Waals surface area contributed by atoms with E-state index in [1.165, 1.54) is 7.11 Å². The van der Waals surface area contributed by atoms with Crippen LogP contribution in [0.4, 0.5) is 8.78 Å². The van der Waals surface area contributed by atoms with Crippen molar-refractivity contribution in [1.82, 2.24) is 4.72 Å². The molecule has 0 aromatic heterocycles. The smallest absolute Gasteiger partial charge is 0.240 e. The van der Waals surface area contributed by atoms with Gasteiger partial charge in [-0.25, -0.2) is 21.9 Å². The molecule has 0 aliphatic heterocycles.